The third-order valence-corrected chi connectivity index (χ3v) is 2.92. The molecule has 0 heterocycles. The second-order valence-electron chi connectivity index (χ2n) is 4.26. The van der Waals surface area contributed by atoms with Crippen LogP contribution in [0.5, 0.6) is 0 Å². The Kier molecular flexibility index (Phi) is 7.24. The van der Waals surface area contributed by atoms with E-state index in [1.54, 1.807) is 0 Å². The number of nitrogens with one attached hydrogen (secondary N) is 1. The molecule has 0 atom stereocenters. The molecule has 0 aliphatic carbocycles. The summed E-state index contributed by atoms with van der Waals surface area (Å²) >= 11 is 0. The van der Waals surface area contributed by atoms with Crippen LogP contribution in [-0.4, -0.2) is 12.8 Å². The van der Waals surface area contributed by atoms with Crippen molar-refractivity contribution in [1.82, 2.24) is 0 Å². The summed E-state index contributed by atoms with van der Waals surface area (Å²) < 4.78 is 0. The van der Waals surface area contributed by atoms with Crippen molar-refractivity contribution in [2.24, 2.45) is 0 Å². The van der Waals surface area contributed by atoms with E-state index in [2.05, 4.69) is 5.32 Å². The third kappa shape index (κ3) is 4.74. The van der Waals surface area contributed by atoms with Crippen molar-refractivity contribution in [1.29, 1.82) is 0 Å². The second-order valence-corrected chi connectivity index (χ2v) is 4.26. The number of ketones is 1. The molecule has 0 saturated carbocycles. The third-order valence-electron chi connectivity index (χ3n) is 2.92. The van der Waals surface area contributed by atoms with E-state index in [0.29, 0.717) is 0 Å². The largest absolute Gasteiger partial charge is 0.748 e. The summed E-state index contributed by atoms with van der Waals surface area (Å²) in [5.41, 5.74) is 2.33. The van der Waals surface area contributed by atoms with Gasteiger partial charge in [-0.25, -0.2) is 0 Å². The molecule has 3 heteroatoms. The van der Waals surface area contributed by atoms with Gasteiger partial charge in [0.25, 0.3) is 0 Å². The first-order valence-corrected chi connectivity index (χ1v) is 6.53. The number of benzene rings is 1. The van der Waals surface area contributed by atoms with E-state index in [0.717, 1.165) is 16.8 Å². The van der Waals surface area contributed by atoms with Crippen LogP contribution >= 0.6 is 0 Å². The van der Waals surface area contributed by atoms with Crippen LogP contribution in [-0.2, 0) is 17.1 Å². The van der Waals surface area contributed by atoms with Crippen molar-refractivity contribution in [3.63, 3.8) is 0 Å². The molecule has 21 heavy (non-hydrogen) atoms. The van der Waals surface area contributed by atoms with Crippen LogP contribution in [0.4, 0.5) is 5.69 Å². The van der Waals surface area contributed by atoms with E-state index >= 15 is 0 Å². The Morgan fingerprint density at radius 3 is 2.05 bits per heavy atom. The van der Waals surface area contributed by atoms with Crippen LogP contribution in [0.3, 0.4) is 0 Å². The summed E-state index contributed by atoms with van der Waals surface area (Å²) in [6.07, 6.45) is 0. The summed E-state index contributed by atoms with van der Waals surface area (Å²) in [6, 6.07) is 24.9. The topological polar surface area (TPSA) is 29.1 Å². The Balaban J connectivity index is 0.000000313. The van der Waals surface area contributed by atoms with E-state index in [4.69, 9.17) is 0 Å². The minimum absolute atomic E-state index is 0. The number of hydrogen-bond acceptors (Lipinski definition) is 2. The summed E-state index contributed by atoms with van der Waals surface area (Å²) in [5.74, 6) is 0.0601. The van der Waals surface area contributed by atoms with Crippen molar-refractivity contribution in [2.75, 3.05) is 12.4 Å². The molecule has 0 aliphatic rings. The summed E-state index contributed by atoms with van der Waals surface area (Å²) in [4.78, 5) is 12.0. The number of anilines is 1. The normalized spacial score (nSPS) is 9.00. The van der Waals surface area contributed by atoms with Gasteiger partial charge < -0.3 is 40.4 Å². The molecule has 114 valence electrons. The molecule has 2 nitrogen and oxygen atoms in total. The zero-order valence-corrected chi connectivity index (χ0v) is 12.9. The predicted molar refractivity (Wildman–Crippen MR) is 83.5 cm³/mol. The van der Waals surface area contributed by atoms with Gasteiger partial charge in [0.05, 0.1) is 0 Å². The van der Waals surface area contributed by atoms with E-state index in [9.17, 15) is 4.79 Å². The van der Waals surface area contributed by atoms with Crippen LogP contribution < -0.4 is 5.32 Å². The average molecular weight is 319 g/mol. The SMILES string of the molecule is CNc1ccc[c-]1C(=O)c1ccccc1.[Fe].[cH-]1[cH-][cH-][cH-][cH-]1. The molecule has 0 fully saturated rings. The number of carbonyl (C=O) groups is 1. The molecule has 0 amide bonds. The smallest absolute Gasteiger partial charge is 0.114 e. The predicted octanol–water partition coefficient (Wildman–Crippen LogP) is 4.08. The van der Waals surface area contributed by atoms with Crippen molar-refractivity contribution in [3.8, 4) is 0 Å². The minimum Gasteiger partial charge on any atom is -0.748 e. The van der Waals surface area contributed by atoms with Gasteiger partial charge in [-0.2, -0.15) is 12.1 Å². The van der Waals surface area contributed by atoms with Crippen molar-refractivity contribution >= 4 is 11.5 Å². The van der Waals surface area contributed by atoms with Crippen LogP contribution in [0.1, 0.15) is 15.9 Å². The molecule has 3 aromatic rings. The molecular weight excluding hydrogens is 302 g/mol. The summed E-state index contributed by atoms with van der Waals surface area (Å²) in [5, 5.41) is 3.01. The molecule has 0 aliphatic heterocycles. The second kappa shape index (κ2) is 8.96. The first-order valence-electron chi connectivity index (χ1n) is 6.53. The Labute approximate surface area is 136 Å². The molecule has 3 aromatic carbocycles. The molecule has 0 aromatic heterocycles. The van der Waals surface area contributed by atoms with Gasteiger partial charge in [0.1, 0.15) is 5.78 Å². The minimum atomic E-state index is 0. The number of rotatable bonds is 3. The van der Waals surface area contributed by atoms with E-state index in [1.807, 2.05) is 85.9 Å². The van der Waals surface area contributed by atoms with Gasteiger partial charge in [0, 0.05) is 24.1 Å². The maximum atomic E-state index is 12.0. The number of carbonyl (C=O) groups excluding carboxylic acids is 1. The van der Waals surface area contributed by atoms with Crippen LogP contribution in [0.2, 0.25) is 0 Å². The van der Waals surface area contributed by atoms with Crippen molar-refractivity contribution < 1.29 is 21.9 Å². The number of hydrogen-bond donors (Lipinski definition) is 1. The van der Waals surface area contributed by atoms with Gasteiger partial charge in [-0.05, 0) is 11.3 Å². The van der Waals surface area contributed by atoms with Gasteiger partial charge in [-0.3, -0.25) is 0 Å². The monoisotopic (exact) mass is 319 g/mol. The molecular formula is C18H17FeNO-6. The fourth-order valence-electron chi connectivity index (χ4n) is 1.90. The molecule has 3 rings (SSSR count). The maximum Gasteiger partial charge on any atom is 0.114 e. The van der Waals surface area contributed by atoms with Crippen LogP contribution in [0.15, 0.2) is 78.9 Å². The summed E-state index contributed by atoms with van der Waals surface area (Å²) in [6.45, 7) is 0. The summed E-state index contributed by atoms with van der Waals surface area (Å²) in [7, 11) is 1.82. The first-order chi connectivity index (χ1) is 9.83. The van der Waals surface area contributed by atoms with Gasteiger partial charge in [0.2, 0.25) is 0 Å². The van der Waals surface area contributed by atoms with Gasteiger partial charge in [0.15, 0.2) is 0 Å². The van der Waals surface area contributed by atoms with Crippen molar-refractivity contribution in [2.45, 2.75) is 0 Å². The Bertz CT molecular complexity index is 609. The van der Waals surface area contributed by atoms with E-state index in [1.165, 1.54) is 0 Å². The van der Waals surface area contributed by atoms with E-state index in [-0.39, 0.29) is 22.9 Å². The quantitative estimate of drug-likeness (QED) is 0.448. The molecule has 0 radical (unpaired) electrons. The van der Waals surface area contributed by atoms with Crippen LogP contribution in [0, 0.1) is 0 Å². The van der Waals surface area contributed by atoms with Gasteiger partial charge in [-0.15, -0.1) is 6.07 Å². The fourth-order valence-corrected chi connectivity index (χ4v) is 1.90. The zero-order valence-electron chi connectivity index (χ0n) is 11.8. The molecule has 0 bridgehead atoms. The Hall–Kier alpha value is -2.09. The van der Waals surface area contributed by atoms with Gasteiger partial charge >= 0.3 is 0 Å². The fraction of sp³-hybridized carbons (Fsp3) is 0.0556. The molecule has 0 unspecified atom stereocenters. The van der Waals surface area contributed by atoms with Crippen molar-refractivity contribution in [3.05, 3.63) is 90.0 Å². The Morgan fingerprint density at radius 2 is 1.52 bits per heavy atom. The van der Waals surface area contributed by atoms with Crippen LogP contribution in [0.25, 0.3) is 0 Å². The Morgan fingerprint density at radius 1 is 0.952 bits per heavy atom. The first kappa shape index (κ1) is 17.0. The maximum absolute atomic E-state index is 12.0. The van der Waals surface area contributed by atoms with Gasteiger partial charge in [-0.1, -0.05) is 35.9 Å². The molecule has 1 N–H and O–H groups in total. The average Bonchev–Trinajstić information content (AvgIpc) is 3.21. The van der Waals surface area contributed by atoms with E-state index < -0.39 is 0 Å². The molecule has 0 saturated heterocycles. The zero-order chi connectivity index (χ0) is 14.2. The molecule has 0 spiro atoms. The standard InChI is InChI=1S/C13H12NO.C5H5.Fe/c1-14-12-9-5-8-11(12)13(15)10-6-3-2-4-7-10;1-2-4-5-3-1;/h2-9,14H,1H3;1-5H;/q-1;-5;.